The molecular formula is C18H18O3S. The Hall–Kier alpha value is -1.94. The van der Waals surface area contributed by atoms with E-state index >= 15 is 0 Å². The van der Waals surface area contributed by atoms with Crippen LogP contribution < -0.4 is 0 Å². The monoisotopic (exact) mass is 314 g/mol. The minimum Gasteiger partial charge on any atom is -0.454 e. The van der Waals surface area contributed by atoms with Crippen LogP contribution in [0.2, 0.25) is 0 Å². The first kappa shape index (κ1) is 15.0. The summed E-state index contributed by atoms with van der Waals surface area (Å²) < 4.78 is 5.16. The molecule has 0 radical (unpaired) electrons. The fourth-order valence-electron chi connectivity index (χ4n) is 2.73. The number of Topliss-reactive ketones (excluding diaryl/α,β-unsaturated/α-hetero) is 1. The Bertz CT molecular complexity index is 715. The van der Waals surface area contributed by atoms with E-state index in [4.69, 9.17) is 4.74 Å². The van der Waals surface area contributed by atoms with E-state index in [9.17, 15) is 9.59 Å². The van der Waals surface area contributed by atoms with Gasteiger partial charge >= 0.3 is 5.97 Å². The molecule has 0 N–H and O–H groups in total. The highest BCUT2D eigenvalue weighted by Crippen LogP contribution is 2.22. The van der Waals surface area contributed by atoms with Crippen LogP contribution in [0.1, 0.15) is 48.9 Å². The standard InChI is InChI=1S/C18H18O3S/c1-12-6-9-17(22-12)16(19)11-21-18(20)15-8-7-13-4-2-3-5-14(13)10-15/h6-10H,2-5,11H2,1H3. The zero-order valence-corrected chi connectivity index (χ0v) is 13.4. The van der Waals surface area contributed by atoms with Crippen molar-refractivity contribution in [3.8, 4) is 0 Å². The lowest BCUT2D eigenvalue weighted by atomic mass is 9.90. The molecule has 0 saturated carbocycles. The predicted molar refractivity (Wildman–Crippen MR) is 86.8 cm³/mol. The van der Waals surface area contributed by atoms with Crippen molar-refractivity contribution in [2.24, 2.45) is 0 Å². The number of ketones is 1. The molecule has 0 fully saturated rings. The molecule has 114 valence electrons. The smallest absolute Gasteiger partial charge is 0.338 e. The second kappa shape index (κ2) is 6.44. The lowest BCUT2D eigenvalue weighted by Gasteiger charge is -2.16. The Balaban J connectivity index is 1.63. The third-order valence-electron chi connectivity index (χ3n) is 3.93. The highest BCUT2D eigenvalue weighted by Gasteiger charge is 2.16. The summed E-state index contributed by atoms with van der Waals surface area (Å²) >= 11 is 1.42. The van der Waals surface area contributed by atoms with Gasteiger partial charge < -0.3 is 4.74 Å². The van der Waals surface area contributed by atoms with Gasteiger partial charge in [0.2, 0.25) is 5.78 Å². The molecule has 0 saturated heterocycles. The number of benzene rings is 1. The summed E-state index contributed by atoms with van der Waals surface area (Å²) in [6, 6.07) is 9.39. The van der Waals surface area contributed by atoms with Gasteiger partial charge in [0, 0.05) is 4.88 Å². The van der Waals surface area contributed by atoms with E-state index in [1.165, 1.54) is 35.3 Å². The topological polar surface area (TPSA) is 43.4 Å². The number of aryl methyl sites for hydroxylation is 3. The van der Waals surface area contributed by atoms with Crippen LogP contribution in [0.15, 0.2) is 30.3 Å². The van der Waals surface area contributed by atoms with Gasteiger partial charge in [0.25, 0.3) is 0 Å². The van der Waals surface area contributed by atoms with E-state index in [1.807, 2.05) is 25.1 Å². The Morgan fingerprint density at radius 3 is 2.59 bits per heavy atom. The van der Waals surface area contributed by atoms with Crippen molar-refractivity contribution in [1.82, 2.24) is 0 Å². The Morgan fingerprint density at radius 2 is 1.86 bits per heavy atom. The van der Waals surface area contributed by atoms with Gasteiger partial charge in [-0.1, -0.05) is 6.07 Å². The molecule has 0 spiro atoms. The summed E-state index contributed by atoms with van der Waals surface area (Å²) in [4.78, 5) is 25.8. The third-order valence-corrected chi connectivity index (χ3v) is 4.98. The molecule has 1 heterocycles. The quantitative estimate of drug-likeness (QED) is 0.633. The van der Waals surface area contributed by atoms with E-state index < -0.39 is 5.97 Å². The summed E-state index contributed by atoms with van der Waals surface area (Å²) in [5, 5.41) is 0. The van der Waals surface area contributed by atoms with Crippen LogP contribution in [0.4, 0.5) is 0 Å². The maximum absolute atomic E-state index is 12.1. The van der Waals surface area contributed by atoms with Gasteiger partial charge in [-0.05, 0) is 68.0 Å². The molecule has 3 nitrogen and oxygen atoms in total. The number of hydrogen-bond donors (Lipinski definition) is 0. The maximum atomic E-state index is 12.1. The van der Waals surface area contributed by atoms with Crippen LogP contribution in [0, 0.1) is 6.92 Å². The highest BCUT2D eigenvalue weighted by atomic mass is 32.1. The first-order valence-electron chi connectivity index (χ1n) is 7.52. The number of hydrogen-bond acceptors (Lipinski definition) is 4. The molecular weight excluding hydrogens is 296 g/mol. The Labute approximate surface area is 133 Å². The largest absolute Gasteiger partial charge is 0.454 e. The van der Waals surface area contributed by atoms with E-state index in [0.717, 1.165) is 17.7 Å². The molecule has 1 aliphatic rings. The lowest BCUT2D eigenvalue weighted by molar-refractivity contribution is 0.0475. The van der Waals surface area contributed by atoms with Crippen LogP contribution in [-0.4, -0.2) is 18.4 Å². The predicted octanol–water partition coefficient (Wildman–Crippen LogP) is 3.98. The number of fused-ring (bicyclic) bond motifs is 1. The number of ether oxygens (including phenoxy) is 1. The molecule has 2 aromatic rings. The van der Waals surface area contributed by atoms with Gasteiger partial charge in [0.15, 0.2) is 6.61 Å². The van der Waals surface area contributed by atoms with Gasteiger partial charge in [-0.15, -0.1) is 11.3 Å². The number of carbonyl (C=O) groups excluding carboxylic acids is 2. The van der Waals surface area contributed by atoms with Crippen LogP contribution in [-0.2, 0) is 17.6 Å². The summed E-state index contributed by atoms with van der Waals surface area (Å²) in [6.45, 7) is 1.75. The molecule has 22 heavy (non-hydrogen) atoms. The van der Waals surface area contributed by atoms with Crippen molar-refractivity contribution >= 4 is 23.1 Å². The van der Waals surface area contributed by atoms with Crippen molar-refractivity contribution in [2.75, 3.05) is 6.61 Å². The molecule has 4 heteroatoms. The average molecular weight is 314 g/mol. The zero-order chi connectivity index (χ0) is 15.5. The van der Waals surface area contributed by atoms with E-state index in [1.54, 1.807) is 12.1 Å². The Kier molecular flexibility index (Phi) is 4.39. The molecule has 0 bridgehead atoms. The lowest BCUT2D eigenvalue weighted by Crippen LogP contribution is -2.14. The molecule has 1 aromatic heterocycles. The van der Waals surface area contributed by atoms with Crippen LogP contribution in [0.5, 0.6) is 0 Å². The van der Waals surface area contributed by atoms with Gasteiger partial charge in [-0.2, -0.15) is 0 Å². The number of carbonyl (C=O) groups is 2. The minimum absolute atomic E-state index is 0.149. The molecule has 1 aliphatic carbocycles. The molecule has 0 amide bonds. The summed E-state index contributed by atoms with van der Waals surface area (Å²) in [7, 11) is 0. The summed E-state index contributed by atoms with van der Waals surface area (Å²) in [6.07, 6.45) is 4.48. The fraction of sp³-hybridized carbons (Fsp3) is 0.333. The van der Waals surface area contributed by atoms with Crippen LogP contribution in [0.3, 0.4) is 0 Å². The number of esters is 1. The Morgan fingerprint density at radius 1 is 1.09 bits per heavy atom. The van der Waals surface area contributed by atoms with Crippen molar-refractivity contribution in [2.45, 2.75) is 32.6 Å². The van der Waals surface area contributed by atoms with E-state index in [0.29, 0.717) is 10.4 Å². The first-order chi connectivity index (χ1) is 10.6. The normalized spacial score (nSPS) is 13.5. The minimum atomic E-state index is -0.421. The molecule has 0 unspecified atom stereocenters. The van der Waals surface area contributed by atoms with Crippen molar-refractivity contribution in [3.05, 3.63) is 56.8 Å². The first-order valence-corrected chi connectivity index (χ1v) is 8.34. The van der Waals surface area contributed by atoms with E-state index in [2.05, 4.69) is 0 Å². The van der Waals surface area contributed by atoms with Crippen molar-refractivity contribution < 1.29 is 14.3 Å². The van der Waals surface area contributed by atoms with Gasteiger partial charge in [-0.3, -0.25) is 4.79 Å². The highest BCUT2D eigenvalue weighted by molar-refractivity contribution is 7.14. The van der Waals surface area contributed by atoms with Crippen molar-refractivity contribution in [3.63, 3.8) is 0 Å². The number of thiophene rings is 1. The van der Waals surface area contributed by atoms with E-state index in [-0.39, 0.29) is 12.4 Å². The van der Waals surface area contributed by atoms with Crippen LogP contribution >= 0.6 is 11.3 Å². The second-order valence-corrected chi connectivity index (χ2v) is 6.89. The zero-order valence-electron chi connectivity index (χ0n) is 12.6. The SMILES string of the molecule is Cc1ccc(C(=O)COC(=O)c2ccc3c(c2)CCCC3)s1. The molecule has 1 aromatic carbocycles. The fourth-order valence-corrected chi connectivity index (χ4v) is 3.52. The summed E-state index contributed by atoms with van der Waals surface area (Å²) in [5.41, 5.74) is 3.10. The molecule has 0 aliphatic heterocycles. The number of rotatable bonds is 4. The van der Waals surface area contributed by atoms with Crippen molar-refractivity contribution in [1.29, 1.82) is 0 Å². The van der Waals surface area contributed by atoms with Crippen LogP contribution in [0.25, 0.3) is 0 Å². The summed E-state index contributed by atoms with van der Waals surface area (Å²) in [5.74, 6) is -0.570. The molecule has 3 rings (SSSR count). The third kappa shape index (κ3) is 3.28. The van der Waals surface area contributed by atoms with Gasteiger partial charge in [-0.25, -0.2) is 4.79 Å². The molecule has 0 atom stereocenters. The average Bonchev–Trinajstić information content (AvgIpc) is 2.98. The second-order valence-electron chi connectivity index (χ2n) is 5.60. The van der Waals surface area contributed by atoms with Gasteiger partial charge in [0.1, 0.15) is 0 Å². The maximum Gasteiger partial charge on any atom is 0.338 e. The van der Waals surface area contributed by atoms with Gasteiger partial charge in [0.05, 0.1) is 10.4 Å².